The summed E-state index contributed by atoms with van der Waals surface area (Å²) in [6, 6.07) is 0.0550. The van der Waals surface area contributed by atoms with E-state index in [1.54, 1.807) is 0 Å². The lowest BCUT2D eigenvalue weighted by atomic mass is 10.2. The third-order valence-corrected chi connectivity index (χ3v) is 2.01. The summed E-state index contributed by atoms with van der Waals surface area (Å²) < 4.78 is 0. The van der Waals surface area contributed by atoms with E-state index >= 15 is 0 Å². The Balaban J connectivity index is 3.71. The van der Waals surface area contributed by atoms with E-state index in [9.17, 15) is 9.59 Å². The van der Waals surface area contributed by atoms with E-state index < -0.39 is 11.8 Å². The minimum absolute atomic E-state index is 0.0550. The van der Waals surface area contributed by atoms with Gasteiger partial charge in [-0.25, -0.2) is 0 Å². The molecule has 82 valence electrons. The highest BCUT2D eigenvalue weighted by atomic mass is 16.2. The van der Waals surface area contributed by atoms with Crippen LogP contribution in [0.25, 0.3) is 0 Å². The number of hydrogen-bond acceptors (Lipinski definition) is 2. The van der Waals surface area contributed by atoms with Crippen molar-refractivity contribution in [1.82, 2.24) is 10.6 Å². The van der Waals surface area contributed by atoms with Crippen LogP contribution in [-0.4, -0.2) is 24.4 Å². The number of carbonyl (C=O) groups excluding carboxylic acids is 2. The monoisotopic (exact) mass is 200 g/mol. The van der Waals surface area contributed by atoms with Gasteiger partial charge in [-0.1, -0.05) is 20.3 Å². The molecule has 4 heteroatoms. The number of rotatable bonds is 5. The van der Waals surface area contributed by atoms with Crippen LogP contribution < -0.4 is 10.6 Å². The molecule has 14 heavy (non-hydrogen) atoms. The van der Waals surface area contributed by atoms with Crippen LogP contribution in [-0.2, 0) is 9.59 Å². The summed E-state index contributed by atoms with van der Waals surface area (Å²) in [4.78, 5) is 22.3. The van der Waals surface area contributed by atoms with E-state index in [1.165, 1.54) is 0 Å². The fourth-order valence-corrected chi connectivity index (χ4v) is 0.850. The van der Waals surface area contributed by atoms with Crippen molar-refractivity contribution in [2.45, 2.75) is 46.1 Å². The zero-order valence-electron chi connectivity index (χ0n) is 9.22. The Kier molecular flexibility index (Phi) is 6.80. The lowest BCUT2D eigenvalue weighted by molar-refractivity contribution is -0.139. The standard InChI is InChI=1S/C10H20N2O2/c1-4-6-7-11-9(13)10(14)12-8(3)5-2/h8H,4-7H2,1-3H3,(H,11,13)(H,12,14)/t8-/m0/s1. The molecule has 0 bridgehead atoms. The third-order valence-electron chi connectivity index (χ3n) is 2.01. The van der Waals surface area contributed by atoms with Crippen LogP contribution >= 0.6 is 0 Å². The van der Waals surface area contributed by atoms with Gasteiger partial charge in [0.15, 0.2) is 0 Å². The average molecular weight is 200 g/mol. The molecule has 0 radical (unpaired) electrons. The third kappa shape index (κ3) is 5.56. The molecule has 0 unspecified atom stereocenters. The first kappa shape index (κ1) is 12.9. The maximum Gasteiger partial charge on any atom is 0.309 e. The van der Waals surface area contributed by atoms with Crippen molar-refractivity contribution in [3.05, 3.63) is 0 Å². The number of carbonyl (C=O) groups is 2. The van der Waals surface area contributed by atoms with Crippen molar-refractivity contribution in [2.24, 2.45) is 0 Å². The molecule has 0 aliphatic rings. The van der Waals surface area contributed by atoms with Crippen molar-refractivity contribution < 1.29 is 9.59 Å². The van der Waals surface area contributed by atoms with Crippen molar-refractivity contribution in [3.8, 4) is 0 Å². The Labute approximate surface area is 85.4 Å². The van der Waals surface area contributed by atoms with Crippen LogP contribution in [0.1, 0.15) is 40.0 Å². The summed E-state index contributed by atoms with van der Waals surface area (Å²) >= 11 is 0. The molecule has 0 aliphatic carbocycles. The van der Waals surface area contributed by atoms with Gasteiger partial charge in [0.1, 0.15) is 0 Å². The summed E-state index contributed by atoms with van der Waals surface area (Å²) in [6.07, 6.45) is 2.74. The largest absolute Gasteiger partial charge is 0.348 e. The first-order valence-electron chi connectivity index (χ1n) is 5.20. The minimum Gasteiger partial charge on any atom is -0.348 e. The highest BCUT2D eigenvalue weighted by Crippen LogP contribution is 1.87. The lowest BCUT2D eigenvalue weighted by Gasteiger charge is -2.10. The van der Waals surface area contributed by atoms with E-state index in [4.69, 9.17) is 0 Å². The first-order chi connectivity index (χ1) is 6.61. The summed E-state index contributed by atoms with van der Waals surface area (Å²) in [6.45, 7) is 6.44. The maximum atomic E-state index is 11.2. The smallest absolute Gasteiger partial charge is 0.309 e. The van der Waals surface area contributed by atoms with Gasteiger partial charge in [0.25, 0.3) is 0 Å². The van der Waals surface area contributed by atoms with Crippen LogP contribution in [0.15, 0.2) is 0 Å². The van der Waals surface area contributed by atoms with Crippen molar-refractivity contribution in [3.63, 3.8) is 0 Å². The Morgan fingerprint density at radius 3 is 2.36 bits per heavy atom. The number of nitrogens with one attached hydrogen (secondary N) is 2. The van der Waals surface area contributed by atoms with Crippen molar-refractivity contribution in [2.75, 3.05) is 6.54 Å². The predicted molar refractivity (Wildman–Crippen MR) is 55.8 cm³/mol. The quantitative estimate of drug-likeness (QED) is 0.510. The molecule has 0 saturated carbocycles. The molecule has 0 spiro atoms. The van der Waals surface area contributed by atoms with Gasteiger partial charge >= 0.3 is 11.8 Å². The van der Waals surface area contributed by atoms with Crippen LogP contribution in [0.3, 0.4) is 0 Å². The summed E-state index contributed by atoms with van der Waals surface area (Å²) in [5.74, 6) is -1.06. The van der Waals surface area contributed by atoms with Gasteiger partial charge in [0.2, 0.25) is 0 Å². The Morgan fingerprint density at radius 1 is 1.21 bits per heavy atom. The van der Waals surface area contributed by atoms with Crippen LogP contribution in [0.4, 0.5) is 0 Å². The van der Waals surface area contributed by atoms with Crippen molar-refractivity contribution >= 4 is 11.8 Å². The molecule has 0 aromatic rings. The van der Waals surface area contributed by atoms with Gasteiger partial charge in [-0.3, -0.25) is 9.59 Å². The summed E-state index contributed by atoms with van der Waals surface area (Å²) in [5.41, 5.74) is 0. The molecule has 4 nitrogen and oxygen atoms in total. The maximum absolute atomic E-state index is 11.2. The second-order valence-electron chi connectivity index (χ2n) is 3.39. The Morgan fingerprint density at radius 2 is 1.86 bits per heavy atom. The van der Waals surface area contributed by atoms with E-state index in [1.807, 2.05) is 20.8 Å². The second-order valence-corrected chi connectivity index (χ2v) is 3.39. The van der Waals surface area contributed by atoms with Gasteiger partial charge in [-0.15, -0.1) is 0 Å². The molecule has 0 fully saturated rings. The summed E-state index contributed by atoms with van der Waals surface area (Å²) in [7, 11) is 0. The number of amides is 2. The zero-order chi connectivity index (χ0) is 11.0. The molecular weight excluding hydrogens is 180 g/mol. The van der Waals surface area contributed by atoms with Crippen LogP contribution in [0.2, 0.25) is 0 Å². The highest BCUT2D eigenvalue weighted by molar-refractivity contribution is 6.35. The van der Waals surface area contributed by atoms with Gasteiger partial charge < -0.3 is 10.6 Å². The number of unbranched alkanes of at least 4 members (excludes halogenated alkanes) is 1. The van der Waals surface area contributed by atoms with Crippen LogP contribution in [0.5, 0.6) is 0 Å². The van der Waals surface area contributed by atoms with Gasteiger partial charge in [0.05, 0.1) is 0 Å². The predicted octanol–water partition coefficient (Wildman–Crippen LogP) is 0.817. The van der Waals surface area contributed by atoms with E-state index in [0.29, 0.717) is 6.54 Å². The Hall–Kier alpha value is -1.06. The normalized spacial score (nSPS) is 11.9. The Bertz CT molecular complexity index is 193. The molecule has 0 aliphatic heterocycles. The SMILES string of the molecule is CCCCNC(=O)C(=O)N[C@@H](C)CC. The molecule has 0 heterocycles. The van der Waals surface area contributed by atoms with E-state index in [-0.39, 0.29) is 6.04 Å². The zero-order valence-corrected chi connectivity index (χ0v) is 9.22. The molecule has 1 atom stereocenters. The fourth-order valence-electron chi connectivity index (χ4n) is 0.850. The lowest BCUT2D eigenvalue weighted by Crippen LogP contribution is -2.43. The molecule has 0 saturated heterocycles. The highest BCUT2D eigenvalue weighted by Gasteiger charge is 2.13. The van der Waals surface area contributed by atoms with Gasteiger partial charge in [-0.2, -0.15) is 0 Å². The first-order valence-corrected chi connectivity index (χ1v) is 5.20. The van der Waals surface area contributed by atoms with Gasteiger partial charge in [0, 0.05) is 12.6 Å². The molecule has 0 rings (SSSR count). The number of hydrogen-bond donors (Lipinski definition) is 2. The molecule has 0 aromatic heterocycles. The fraction of sp³-hybridized carbons (Fsp3) is 0.800. The molecule has 2 amide bonds. The second kappa shape index (κ2) is 7.35. The molecule has 0 aromatic carbocycles. The van der Waals surface area contributed by atoms with Gasteiger partial charge in [-0.05, 0) is 19.8 Å². The van der Waals surface area contributed by atoms with Crippen LogP contribution in [0, 0.1) is 0 Å². The molecular formula is C10H20N2O2. The molecule has 2 N–H and O–H groups in total. The van der Waals surface area contributed by atoms with E-state index in [0.717, 1.165) is 19.3 Å². The van der Waals surface area contributed by atoms with E-state index in [2.05, 4.69) is 10.6 Å². The summed E-state index contributed by atoms with van der Waals surface area (Å²) in [5, 5.41) is 5.17. The minimum atomic E-state index is -0.532. The van der Waals surface area contributed by atoms with Crippen molar-refractivity contribution in [1.29, 1.82) is 0 Å². The average Bonchev–Trinajstić information content (AvgIpc) is 2.17. The topological polar surface area (TPSA) is 58.2 Å².